The van der Waals surface area contributed by atoms with Crippen molar-refractivity contribution in [3.8, 4) is 0 Å². The molecule has 2 aromatic rings. The number of hydrogen-bond donors (Lipinski definition) is 1. The minimum Gasteiger partial charge on any atom is -0.322 e. The molecular weight excluding hydrogens is 279 g/mol. The molecule has 2 aromatic carbocycles. The Morgan fingerprint density at radius 3 is 2.32 bits per heavy atom. The predicted octanol–water partition coefficient (Wildman–Crippen LogP) is 4.01. The normalized spacial score (nSPS) is 10.3. The molecule has 0 saturated heterocycles. The highest BCUT2D eigenvalue weighted by Gasteiger charge is 2.13. The highest BCUT2D eigenvalue weighted by molar-refractivity contribution is 6.31. The Labute approximate surface area is 111 Å². The largest absolute Gasteiger partial charge is 0.322 e. The lowest BCUT2D eigenvalue weighted by molar-refractivity contribution is 0.102. The number of nitrogens with one attached hydrogen (secondary N) is 1. The Balaban J connectivity index is 2.25. The number of carbonyl (C=O) groups is 1. The zero-order chi connectivity index (χ0) is 14.0. The van der Waals surface area contributed by atoms with E-state index in [2.05, 4.69) is 5.32 Å². The number of anilines is 1. The molecule has 0 heterocycles. The van der Waals surface area contributed by atoms with Gasteiger partial charge in [0.1, 0.15) is 5.82 Å². The molecule has 1 amide bonds. The van der Waals surface area contributed by atoms with Crippen LogP contribution in [0.25, 0.3) is 0 Å². The van der Waals surface area contributed by atoms with Gasteiger partial charge in [-0.3, -0.25) is 4.79 Å². The zero-order valence-electron chi connectivity index (χ0n) is 9.38. The van der Waals surface area contributed by atoms with Crippen LogP contribution in [0.4, 0.5) is 18.9 Å². The molecule has 19 heavy (non-hydrogen) atoms. The van der Waals surface area contributed by atoms with Crippen LogP contribution in [0.2, 0.25) is 5.02 Å². The molecule has 0 bridgehead atoms. The predicted molar refractivity (Wildman–Crippen MR) is 65.7 cm³/mol. The molecule has 2 rings (SSSR count). The van der Waals surface area contributed by atoms with Crippen molar-refractivity contribution in [1.29, 1.82) is 0 Å². The number of benzene rings is 2. The van der Waals surface area contributed by atoms with Gasteiger partial charge >= 0.3 is 0 Å². The van der Waals surface area contributed by atoms with Crippen LogP contribution < -0.4 is 5.32 Å². The molecule has 0 atom stereocenters. The van der Waals surface area contributed by atoms with Gasteiger partial charge in [-0.05, 0) is 30.3 Å². The third-order valence-corrected chi connectivity index (χ3v) is 2.59. The zero-order valence-corrected chi connectivity index (χ0v) is 10.1. The molecule has 0 aliphatic carbocycles. The minimum atomic E-state index is -1.11. The van der Waals surface area contributed by atoms with Crippen molar-refractivity contribution in [1.82, 2.24) is 0 Å². The van der Waals surface area contributed by atoms with Crippen LogP contribution in [-0.2, 0) is 0 Å². The van der Waals surface area contributed by atoms with Gasteiger partial charge in [-0.25, -0.2) is 13.2 Å². The summed E-state index contributed by atoms with van der Waals surface area (Å²) in [4.78, 5) is 11.8. The van der Waals surface area contributed by atoms with Crippen LogP contribution in [-0.4, -0.2) is 5.91 Å². The van der Waals surface area contributed by atoms with E-state index in [9.17, 15) is 18.0 Å². The maximum atomic E-state index is 13.4. The lowest BCUT2D eigenvalue weighted by Gasteiger charge is -2.07. The van der Waals surface area contributed by atoms with E-state index in [1.807, 2.05) is 0 Å². The number of amides is 1. The molecule has 0 aliphatic heterocycles. The summed E-state index contributed by atoms with van der Waals surface area (Å²) in [6.07, 6.45) is 0. The van der Waals surface area contributed by atoms with Gasteiger partial charge in [-0.1, -0.05) is 11.6 Å². The van der Waals surface area contributed by atoms with E-state index in [1.54, 1.807) is 0 Å². The monoisotopic (exact) mass is 285 g/mol. The first kappa shape index (κ1) is 13.4. The summed E-state index contributed by atoms with van der Waals surface area (Å²) >= 11 is 5.65. The minimum absolute atomic E-state index is 0.0169. The Hall–Kier alpha value is -2.01. The van der Waals surface area contributed by atoms with Crippen LogP contribution in [0.1, 0.15) is 10.4 Å². The van der Waals surface area contributed by atoms with Crippen molar-refractivity contribution in [3.63, 3.8) is 0 Å². The lowest BCUT2D eigenvalue weighted by atomic mass is 10.2. The van der Waals surface area contributed by atoms with Crippen LogP contribution in [0.15, 0.2) is 36.4 Å². The summed E-state index contributed by atoms with van der Waals surface area (Å²) in [5.74, 6) is -3.70. The number of rotatable bonds is 2. The van der Waals surface area contributed by atoms with Crippen molar-refractivity contribution in [2.45, 2.75) is 0 Å². The topological polar surface area (TPSA) is 29.1 Å². The Morgan fingerprint density at radius 2 is 1.63 bits per heavy atom. The van der Waals surface area contributed by atoms with Gasteiger partial charge in [-0.2, -0.15) is 0 Å². The van der Waals surface area contributed by atoms with E-state index in [4.69, 9.17) is 11.6 Å². The summed E-state index contributed by atoms with van der Waals surface area (Å²) in [5, 5.41) is 2.44. The molecule has 6 heteroatoms. The van der Waals surface area contributed by atoms with Gasteiger partial charge < -0.3 is 5.32 Å². The molecule has 0 fully saturated rings. The third kappa shape index (κ3) is 3.06. The van der Waals surface area contributed by atoms with Crippen LogP contribution in [0, 0.1) is 17.5 Å². The molecule has 0 radical (unpaired) electrons. The van der Waals surface area contributed by atoms with Crippen LogP contribution >= 0.6 is 11.6 Å². The van der Waals surface area contributed by atoms with Crippen molar-refractivity contribution in [3.05, 3.63) is 64.4 Å². The first-order valence-corrected chi connectivity index (χ1v) is 5.56. The molecular formula is C13H7ClF3NO. The number of hydrogen-bond acceptors (Lipinski definition) is 1. The van der Waals surface area contributed by atoms with Crippen molar-refractivity contribution < 1.29 is 18.0 Å². The standard InChI is InChI=1S/C13H7ClF3NO/c14-7-1-3-10(15)9(5-7)13(19)18-8-2-4-11(16)12(17)6-8/h1-6H,(H,18,19). The number of carbonyl (C=O) groups excluding carboxylic acids is 1. The summed E-state index contributed by atoms with van der Waals surface area (Å²) in [7, 11) is 0. The summed E-state index contributed by atoms with van der Waals surface area (Å²) in [6, 6.07) is 6.31. The Kier molecular flexibility index (Phi) is 3.76. The fourth-order valence-electron chi connectivity index (χ4n) is 1.44. The second-order valence-electron chi connectivity index (χ2n) is 3.71. The molecule has 0 saturated carbocycles. The van der Waals surface area contributed by atoms with Gasteiger partial charge in [0, 0.05) is 16.8 Å². The van der Waals surface area contributed by atoms with E-state index in [0.29, 0.717) is 0 Å². The second kappa shape index (κ2) is 5.32. The number of halogens is 4. The SMILES string of the molecule is O=C(Nc1ccc(F)c(F)c1)c1cc(Cl)ccc1F. The van der Waals surface area contributed by atoms with Gasteiger partial charge in [-0.15, -0.1) is 0 Å². The highest BCUT2D eigenvalue weighted by Crippen LogP contribution is 2.18. The fraction of sp³-hybridized carbons (Fsp3) is 0. The summed E-state index contributed by atoms with van der Waals surface area (Å²) < 4.78 is 39.1. The maximum absolute atomic E-state index is 13.4. The van der Waals surface area contributed by atoms with Gasteiger partial charge in [0.25, 0.3) is 5.91 Å². The van der Waals surface area contributed by atoms with Crippen molar-refractivity contribution in [2.24, 2.45) is 0 Å². The average molecular weight is 286 g/mol. The molecule has 1 N–H and O–H groups in total. The molecule has 0 unspecified atom stereocenters. The van der Waals surface area contributed by atoms with Gasteiger partial charge in [0.15, 0.2) is 11.6 Å². The maximum Gasteiger partial charge on any atom is 0.258 e. The third-order valence-electron chi connectivity index (χ3n) is 2.35. The Morgan fingerprint density at radius 1 is 0.947 bits per heavy atom. The molecule has 0 aliphatic rings. The van der Waals surface area contributed by atoms with E-state index >= 15 is 0 Å². The highest BCUT2D eigenvalue weighted by atomic mass is 35.5. The summed E-state index contributed by atoms with van der Waals surface area (Å²) in [5.41, 5.74) is -0.263. The van der Waals surface area contributed by atoms with Crippen LogP contribution in [0.5, 0.6) is 0 Å². The van der Waals surface area contributed by atoms with E-state index < -0.39 is 23.4 Å². The molecule has 0 aromatic heterocycles. The average Bonchev–Trinajstić information content (AvgIpc) is 2.36. The van der Waals surface area contributed by atoms with E-state index in [-0.39, 0.29) is 16.3 Å². The van der Waals surface area contributed by atoms with E-state index in [0.717, 1.165) is 24.3 Å². The first-order chi connectivity index (χ1) is 8.97. The van der Waals surface area contributed by atoms with Crippen molar-refractivity contribution >= 4 is 23.2 Å². The quantitative estimate of drug-likeness (QED) is 0.887. The van der Waals surface area contributed by atoms with Gasteiger partial charge in [0.05, 0.1) is 5.56 Å². The fourth-order valence-corrected chi connectivity index (χ4v) is 1.62. The van der Waals surface area contributed by atoms with Crippen molar-refractivity contribution in [2.75, 3.05) is 5.32 Å². The molecule has 2 nitrogen and oxygen atoms in total. The smallest absolute Gasteiger partial charge is 0.258 e. The lowest BCUT2D eigenvalue weighted by Crippen LogP contribution is -2.14. The van der Waals surface area contributed by atoms with Crippen LogP contribution in [0.3, 0.4) is 0 Å². The summed E-state index contributed by atoms with van der Waals surface area (Å²) in [6.45, 7) is 0. The van der Waals surface area contributed by atoms with E-state index in [1.165, 1.54) is 12.1 Å². The second-order valence-corrected chi connectivity index (χ2v) is 4.14. The Bertz CT molecular complexity index is 646. The van der Waals surface area contributed by atoms with Gasteiger partial charge in [0.2, 0.25) is 0 Å². The molecule has 98 valence electrons. The first-order valence-electron chi connectivity index (χ1n) is 5.19. The molecule has 0 spiro atoms.